The van der Waals surface area contributed by atoms with E-state index in [1.165, 1.54) is 9.78 Å². The number of thiazole rings is 1. The molecule has 390 valence electrons. The maximum atomic E-state index is 14.3. The lowest BCUT2D eigenvalue weighted by atomic mass is 9.85. The van der Waals surface area contributed by atoms with E-state index in [9.17, 15) is 24.3 Å². The van der Waals surface area contributed by atoms with Crippen LogP contribution in [0.3, 0.4) is 0 Å². The smallest absolute Gasteiger partial charge is 0.246 e. The van der Waals surface area contributed by atoms with Crippen LogP contribution in [0.2, 0.25) is 5.02 Å². The number of nitrogens with zero attached hydrogens (tertiary/aromatic N) is 8. The quantitative estimate of drug-likeness (QED) is 0.0775. The van der Waals surface area contributed by atoms with Crippen molar-refractivity contribution in [2.75, 3.05) is 13.1 Å². The van der Waals surface area contributed by atoms with Crippen LogP contribution in [0.15, 0.2) is 95.8 Å². The summed E-state index contributed by atoms with van der Waals surface area (Å²) >= 11 is 9.52. The predicted octanol–water partition coefficient (Wildman–Crippen LogP) is 8.78. The monoisotopic (exact) mass is 1070 g/mol. The molecule has 1 saturated heterocycles. The zero-order valence-corrected chi connectivity index (χ0v) is 45.9. The molecule has 9 rings (SSSR count). The van der Waals surface area contributed by atoms with Crippen LogP contribution in [0.1, 0.15) is 116 Å². The van der Waals surface area contributed by atoms with Gasteiger partial charge in [-0.25, -0.2) is 9.97 Å². The van der Waals surface area contributed by atoms with Gasteiger partial charge in [-0.3, -0.25) is 28.7 Å². The largest absolute Gasteiger partial charge is 0.391 e. The van der Waals surface area contributed by atoms with Crippen molar-refractivity contribution in [3.8, 4) is 26.7 Å². The van der Waals surface area contributed by atoms with Gasteiger partial charge >= 0.3 is 0 Å². The standard InChI is InChI=1S/C56H62ClN11O5S2/c1-30(25-58-46(70)24-43-52-65-64-35(6)68(52)55-48(31(2)34(5)75-55)49(62-43)39-18-20-41(57)21-19-39)66-27-44(59-28-66)38-12-10-36(11-13-38)22-47(71)63-51(56(7,8)9)54(73)67-26-42(69)23-45(67)53(72)61-32(3)37-14-16-40(17-15-37)50-33(4)60-29-74-50/h10-21,27-30,32,42-43,45,51,69H,22-26H2,1-9H3,(H,58,70)(H,61,72)(H,63,71)/t30-,32+,42-,43+,45+,51?/m1/s1. The summed E-state index contributed by atoms with van der Waals surface area (Å²) < 4.78 is 3.98. The molecule has 4 amide bonds. The van der Waals surface area contributed by atoms with Gasteiger partial charge in [0.2, 0.25) is 23.6 Å². The van der Waals surface area contributed by atoms with E-state index < -0.39 is 35.6 Å². The number of thiophene rings is 1. The normalized spacial score (nSPS) is 17.6. The van der Waals surface area contributed by atoms with Crippen molar-refractivity contribution in [3.05, 3.63) is 146 Å². The summed E-state index contributed by atoms with van der Waals surface area (Å²) in [5, 5.41) is 30.4. The van der Waals surface area contributed by atoms with Gasteiger partial charge in [-0.15, -0.1) is 32.9 Å². The summed E-state index contributed by atoms with van der Waals surface area (Å²) in [6, 6.07) is 20.1. The van der Waals surface area contributed by atoms with Crippen LogP contribution in [0.25, 0.3) is 26.7 Å². The number of aliphatic imine (C=N–C) groups is 1. The van der Waals surface area contributed by atoms with E-state index in [2.05, 4.69) is 50.0 Å². The number of aliphatic hydroxyl groups excluding tert-OH is 1. The van der Waals surface area contributed by atoms with Crippen LogP contribution in [0.4, 0.5) is 0 Å². The minimum Gasteiger partial charge on any atom is -0.391 e. The number of likely N-dealkylation sites (tertiary alicyclic amines) is 1. The number of hydrogen-bond donors (Lipinski definition) is 4. The number of carbonyl (C=O) groups is 4. The Kier molecular flexibility index (Phi) is 15.4. The molecule has 75 heavy (non-hydrogen) atoms. The minimum absolute atomic E-state index is 0.0114. The van der Waals surface area contributed by atoms with Crippen molar-refractivity contribution in [3.63, 3.8) is 0 Å². The SMILES string of the molecule is Cc1ncsc1-c1ccc([C@H](C)NC(=O)[C@@H]2C[C@@H](O)CN2C(=O)C(NC(=O)Cc2ccc(-c3cn([C@H](C)CNC(=O)C[C@@H]4N=C(c5ccc(Cl)cc5)c5c(sc(C)c5C)-n5c(C)nnc54)cn3)cc2)C(C)(C)C)cc1. The maximum absolute atomic E-state index is 14.3. The topological polar surface area (TPSA) is 202 Å². The molecule has 0 bridgehead atoms. The fourth-order valence-corrected chi connectivity index (χ4v) is 11.8. The lowest BCUT2D eigenvalue weighted by Gasteiger charge is -2.35. The van der Waals surface area contributed by atoms with Crippen LogP contribution in [0, 0.1) is 33.1 Å². The molecule has 4 N–H and O–H groups in total. The summed E-state index contributed by atoms with van der Waals surface area (Å²) in [6.45, 7) is 17.9. The number of aryl methyl sites for hydroxylation is 3. The molecule has 19 heteroatoms. The van der Waals surface area contributed by atoms with E-state index in [1.807, 2.05) is 142 Å². The number of imidazole rings is 1. The Labute approximate surface area is 449 Å². The third-order valence-corrected chi connectivity index (χ3v) is 16.5. The second kappa shape index (κ2) is 21.8. The average molecular weight is 1070 g/mol. The third kappa shape index (κ3) is 11.4. The molecule has 0 radical (unpaired) electrons. The molecule has 6 heterocycles. The van der Waals surface area contributed by atoms with Gasteiger partial charge in [0.25, 0.3) is 0 Å². The molecule has 0 aliphatic carbocycles. The Morgan fingerprint density at radius 3 is 2.24 bits per heavy atom. The van der Waals surface area contributed by atoms with Gasteiger partial charge < -0.3 is 30.5 Å². The van der Waals surface area contributed by atoms with Gasteiger partial charge in [0.15, 0.2) is 5.82 Å². The number of aliphatic hydroxyl groups is 1. The van der Waals surface area contributed by atoms with Crippen LogP contribution < -0.4 is 16.0 Å². The van der Waals surface area contributed by atoms with Crippen molar-refractivity contribution in [1.29, 1.82) is 0 Å². The Balaban J connectivity index is 0.797. The van der Waals surface area contributed by atoms with Gasteiger partial charge in [-0.05, 0) is 81.3 Å². The first-order chi connectivity index (χ1) is 35.7. The molecule has 16 nitrogen and oxygen atoms in total. The van der Waals surface area contributed by atoms with Gasteiger partial charge in [-0.2, -0.15) is 0 Å². The summed E-state index contributed by atoms with van der Waals surface area (Å²) in [5.74, 6) is 0.00649. The fourth-order valence-electron chi connectivity index (χ4n) is 9.68. The molecule has 6 atom stereocenters. The Morgan fingerprint density at radius 2 is 1.56 bits per heavy atom. The molecule has 7 aromatic rings. The summed E-state index contributed by atoms with van der Waals surface area (Å²) in [4.78, 5) is 73.4. The number of amides is 4. The highest BCUT2D eigenvalue weighted by atomic mass is 35.5. The highest BCUT2D eigenvalue weighted by Gasteiger charge is 2.45. The Bertz CT molecular complexity index is 3280. The summed E-state index contributed by atoms with van der Waals surface area (Å²) in [7, 11) is 0. The Hall–Kier alpha value is -6.86. The minimum atomic E-state index is -0.964. The number of carbonyl (C=O) groups excluding carboxylic acids is 4. The number of halogens is 1. The highest BCUT2D eigenvalue weighted by Crippen LogP contribution is 2.40. The first-order valence-corrected chi connectivity index (χ1v) is 27.2. The number of β-amino-alcohol motifs (C(OH)–C–C–N with tert-alkyl or cyclic N) is 1. The molecule has 1 unspecified atom stereocenters. The van der Waals surface area contributed by atoms with Crippen molar-refractivity contribution >= 4 is 63.6 Å². The maximum Gasteiger partial charge on any atom is 0.246 e. The molecule has 0 spiro atoms. The first-order valence-electron chi connectivity index (χ1n) is 25.1. The van der Waals surface area contributed by atoms with Crippen molar-refractivity contribution in [2.45, 2.75) is 118 Å². The summed E-state index contributed by atoms with van der Waals surface area (Å²) in [6.07, 6.45) is 2.93. The highest BCUT2D eigenvalue weighted by molar-refractivity contribution is 7.15. The number of rotatable bonds is 15. The number of nitrogens with one attached hydrogen (secondary N) is 3. The molecular weight excluding hydrogens is 1010 g/mol. The van der Waals surface area contributed by atoms with Crippen LogP contribution in [-0.2, 0) is 25.6 Å². The van der Waals surface area contributed by atoms with Crippen LogP contribution in [-0.4, -0.2) is 99.9 Å². The molecule has 1 fully saturated rings. The van der Waals surface area contributed by atoms with Gasteiger partial charge in [-0.1, -0.05) is 93.0 Å². The zero-order chi connectivity index (χ0) is 53.5. The Morgan fingerprint density at radius 1 is 0.867 bits per heavy atom. The molecule has 4 aromatic heterocycles. The van der Waals surface area contributed by atoms with E-state index in [0.29, 0.717) is 17.4 Å². The number of hydrogen-bond acceptors (Lipinski definition) is 12. The molecule has 2 aliphatic heterocycles. The summed E-state index contributed by atoms with van der Waals surface area (Å²) in [5.41, 5.74) is 10.1. The van der Waals surface area contributed by atoms with Crippen molar-refractivity contribution in [1.82, 2.24) is 50.1 Å². The van der Waals surface area contributed by atoms with Gasteiger partial charge in [0.1, 0.15) is 29.0 Å². The van der Waals surface area contributed by atoms with Gasteiger partial charge in [0, 0.05) is 58.3 Å². The number of aromatic nitrogens is 6. The molecular formula is C56H62ClN11O5S2. The fraction of sp³-hybridized carbons (Fsp3) is 0.375. The second-order valence-electron chi connectivity index (χ2n) is 20.7. The van der Waals surface area contributed by atoms with E-state index in [-0.39, 0.29) is 55.6 Å². The van der Waals surface area contributed by atoms with E-state index in [1.54, 1.807) is 29.0 Å². The average Bonchev–Trinajstić information content (AvgIpc) is 4.24. The van der Waals surface area contributed by atoms with E-state index in [4.69, 9.17) is 16.6 Å². The van der Waals surface area contributed by atoms with Crippen LogP contribution in [0.5, 0.6) is 0 Å². The second-order valence-corrected chi connectivity index (χ2v) is 23.2. The lowest BCUT2D eigenvalue weighted by molar-refractivity contribution is -0.144. The van der Waals surface area contributed by atoms with Gasteiger partial charge in [0.05, 0.1) is 58.8 Å². The van der Waals surface area contributed by atoms with E-state index in [0.717, 1.165) is 71.7 Å². The molecule has 0 saturated carbocycles. The number of benzene rings is 3. The van der Waals surface area contributed by atoms with Crippen molar-refractivity contribution in [2.24, 2.45) is 10.4 Å². The van der Waals surface area contributed by atoms with Crippen LogP contribution >= 0.6 is 34.3 Å². The molecule has 2 aliphatic rings. The van der Waals surface area contributed by atoms with Crippen molar-refractivity contribution < 1.29 is 24.3 Å². The predicted molar refractivity (Wildman–Crippen MR) is 293 cm³/mol. The molecule has 3 aromatic carbocycles. The van der Waals surface area contributed by atoms with E-state index >= 15 is 0 Å². The zero-order valence-electron chi connectivity index (χ0n) is 43.5. The lowest BCUT2D eigenvalue weighted by Crippen LogP contribution is -2.58. The number of fused-ring (bicyclic) bond motifs is 3. The third-order valence-electron chi connectivity index (χ3n) is 14.1. The first kappa shape index (κ1) is 53.0.